The maximum absolute atomic E-state index is 12.4. The van der Waals surface area contributed by atoms with Gasteiger partial charge in [0.2, 0.25) is 5.91 Å². The van der Waals surface area contributed by atoms with Gasteiger partial charge in [-0.3, -0.25) is 9.59 Å². The predicted molar refractivity (Wildman–Crippen MR) is 96.2 cm³/mol. The molecule has 0 unspecified atom stereocenters. The maximum atomic E-state index is 12.4. The molecule has 0 fully saturated rings. The molecule has 0 aromatic heterocycles. The monoisotopic (exact) mass is 342 g/mol. The second-order valence-electron chi connectivity index (χ2n) is 5.56. The first-order chi connectivity index (χ1) is 11.9. The van der Waals surface area contributed by atoms with E-state index in [4.69, 9.17) is 9.47 Å². The van der Waals surface area contributed by atoms with Crippen LogP contribution in [0.5, 0.6) is 11.5 Å². The minimum absolute atomic E-state index is 0.157. The highest BCUT2D eigenvalue weighted by Gasteiger charge is 2.16. The molecule has 2 rings (SSSR count). The van der Waals surface area contributed by atoms with E-state index in [2.05, 4.69) is 10.6 Å². The zero-order valence-electron chi connectivity index (χ0n) is 14.8. The molecule has 2 N–H and O–H groups in total. The fraction of sp³-hybridized carbons (Fsp3) is 0.263. The van der Waals surface area contributed by atoms with Crippen molar-refractivity contribution in [1.29, 1.82) is 0 Å². The van der Waals surface area contributed by atoms with Crippen LogP contribution < -0.4 is 20.1 Å². The van der Waals surface area contributed by atoms with Gasteiger partial charge in [0.15, 0.2) is 0 Å². The third-order valence-corrected chi connectivity index (χ3v) is 3.72. The van der Waals surface area contributed by atoms with Crippen molar-refractivity contribution in [2.45, 2.75) is 19.9 Å². The number of carbonyl (C=O) groups is 2. The van der Waals surface area contributed by atoms with Crippen LogP contribution in [0.3, 0.4) is 0 Å². The van der Waals surface area contributed by atoms with Crippen molar-refractivity contribution >= 4 is 17.5 Å². The topological polar surface area (TPSA) is 76.7 Å². The Bertz CT molecular complexity index is 757. The van der Waals surface area contributed by atoms with Gasteiger partial charge in [-0.1, -0.05) is 0 Å². The van der Waals surface area contributed by atoms with E-state index in [1.54, 1.807) is 50.6 Å². The van der Waals surface area contributed by atoms with Crippen LogP contribution >= 0.6 is 0 Å². The van der Waals surface area contributed by atoms with E-state index < -0.39 is 0 Å². The van der Waals surface area contributed by atoms with Crippen LogP contribution in [0.25, 0.3) is 0 Å². The number of rotatable bonds is 6. The highest BCUT2D eigenvalue weighted by Crippen LogP contribution is 2.29. The summed E-state index contributed by atoms with van der Waals surface area (Å²) in [6, 6.07) is 11.9. The molecule has 1 atom stereocenters. The third kappa shape index (κ3) is 4.73. The van der Waals surface area contributed by atoms with Crippen LogP contribution in [0.15, 0.2) is 42.5 Å². The molecule has 0 saturated heterocycles. The number of hydrogen-bond donors (Lipinski definition) is 2. The molecule has 132 valence electrons. The van der Waals surface area contributed by atoms with Gasteiger partial charge in [0.1, 0.15) is 11.5 Å². The molecule has 0 spiro atoms. The Labute approximate surface area is 147 Å². The first kappa shape index (κ1) is 18.3. The Balaban J connectivity index is 2.13. The van der Waals surface area contributed by atoms with Gasteiger partial charge < -0.3 is 20.1 Å². The predicted octanol–water partition coefficient (Wildman–Crippen LogP) is 3.15. The Kier molecular flexibility index (Phi) is 6.00. The average molecular weight is 342 g/mol. The van der Waals surface area contributed by atoms with Crippen molar-refractivity contribution in [1.82, 2.24) is 5.32 Å². The molecular formula is C19H22N2O4. The van der Waals surface area contributed by atoms with Gasteiger partial charge in [-0.15, -0.1) is 0 Å². The first-order valence-corrected chi connectivity index (χ1v) is 7.85. The number of methoxy groups -OCH3 is 2. The summed E-state index contributed by atoms with van der Waals surface area (Å²) in [6.07, 6.45) is 0. The molecule has 6 heteroatoms. The Morgan fingerprint density at radius 2 is 1.68 bits per heavy atom. The quantitative estimate of drug-likeness (QED) is 0.845. The van der Waals surface area contributed by atoms with Crippen LogP contribution in [0.2, 0.25) is 0 Å². The minimum Gasteiger partial charge on any atom is -0.497 e. The summed E-state index contributed by atoms with van der Waals surface area (Å²) in [5.41, 5.74) is 1.97. The summed E-state index contributed by atoms with van der Waals surface area (Å²) in [5.74, 6) is 0.994. The van der Waals surface area contributed by atoms with Crippen LogP contribution in [0, 0.1) is 0 Å². The molecule has 0 radical (unpaired) electrons. The fourth-order valence-corrected chi connectivity index (χ4v) is 2.44. The molecule has 2 aromatic carbocycles. The number of anilines is 1. The lowest BCUT2D eigenvalue weighted by Crippen LogP contribution is -2.27. The fourth-order valence-electron chi connectivity index (χ4n) is 2.44. The van der Waals surface area contributed by atoms with Gasteiger partial charge in [0, 0.05) is 23.7 Å². The van der Waals surface area contributed by atoms with Gasteiger partial charge in [-0.25, -0.2) is 0 Å². The lowest BCUT2D eigenvalue weighted by molar-refractivity contribution is -0.114. The maximum Gasteiger partial charge on any atom is 0.251 e. The Morgan fingerprint density at radius 1 is 1.00 bits per heavy atom. The largest absolute Gasteiger partial charge is 0.497 e. The summed E-state index contributed by atoms with van der Waals surface area (Å²) in [5, 5.41) is 5.60. The van der Waals surface area contributed by atoms with Gasteiger partial charge in [0.25, 0.3) is 5.91 Å². The lowest BCUT2D eigenvalue weighted by Gasteiger charge is -2.18. The van der Waals surface area contributed by atoms with Crippen LogP contribution in [0.1, 0.15) is 35.8 Å². The summed E-state index contributed by atoms with van der Waals surface area (Å²) in [4.78, 5) is 23.5. The third-order valence-electron chi connectivity index (χ3n) is 3.72. The van der Waals surface area contributed by atoms with Crippen molar-refractivity contribution < 1.29 is 19.1 Å². The molecule has 0 aliphatic heterocycles. The molecule has 6 nitrogen and oxygen atoms in total. The molecule has 25 heavy (non-hydrogen) atoms. The van der Waals surface area contributed by atoms with Crippen molar-refractivity contribution in [3.05, 3.63) is 53.6 Å². The molecule has 0 aliphatic rings. The second-order valence-corrected chi connectivity index (χ2v) is 5.56. The van der Waals surface area contributed by atoms with Gasteiger partial charge >= 0.3 is 0 Å². The minimum atomic E-state index is -0.271. The second kappa shape index (κ2) is 8.19. The summed E-state index contributed by atoms with van der Waals surface area (Å²) < 4.78 is 10.6. The Hall–Kier alpha value is -3.02. The van der Waals surface area contributed by atoms with Crippen molar-refractivity contribution in [3.8, 4) is 11.5 Å². The number of hydrogen-bond acceptors (Lipinski definition) is 4. The van der Waals surface area contributed by atoms with E-state index in [1.807, 2.05) is 13.0 Å². The van der Waals surface area contributed by atoms with E-state index in [0.717, 1.165) is 5.56 Å². The van der Waals surface area contributed by atoms with Crippen molar-refractivity contribution in [3.63, 3.8) is 0 Å². The zero-order valence-corrected chi connectivity index (χ0v) is 14.8. The summed E-state index contributed by atoms with van der Waals surface area (Å²) >= 11 is 0. The van der Waals surface area contributed by atoms with E-state index in [9.17, 15) is 9.59 Å². The lowest BCUT2D eigenvalue weighted by atomic mass is 10.1. The first-order valence-electron chi connectivity index (χ1n) is 7.85. The van der Waals surface area contributed by atoms with Crippen LogP contribution in [-0.2, 0) is 4.79 Å². The van der Waals surface area contributed by atoms with Crippen molar-refractivity contribution in [2.24, 2.45) is 0 Å². The molecular weight excluding hydrogens is 320 g/mol. The highest BCUT2D eigenvalue weighted by atomic mass is 16.5. The van der Waals surface area contributed by atoms with Gasteiger partial charge in [-0.2, -0.15) is 0 Å². The summed E-state index contributed by atoms with van der Waals surface area (Å²) in [7, 11) is 3.17. The van der Waals surface area contributed by atoms with Crippen LogP contribution in [-0.4, -0.2) is 26.0 Å². The van der Waals surface area contributed by atoms with E-state index in [0.29, 0.717) is 22.7 Å². The SMILES string of the molecule is COc1ccc(OC)c([C@H](C)NC(=O)c2ccc(NC(C)=O)cc2)c1. The molecule has 2 amide bonds. The normalized spacial score (nSPS) is 11.4. The number of nitrogens with one attached hydrogen (secondary N) is 2. The average Bonchev–Trinajstić information content (AvgIpc) is 2.61. The zero-order chi connectivity index (χ0) is 18.4. The molecule has 0 bridgehead atoms. The van der Waals surface area contributed by atoms with Crippen molar-refractivity contribution in [2.75, 3.05) is 19.5 Å². The van der Waals surface area contributed by atoms with Gasteiger partial charge in [0.05, 0.1) is 20.3 Å². The summed E-state index contributed by atoms with van der Waals surface area (Å²) in [6.45, 7) is 3.31. The highest BCUT2D eigenvalue weighted by molar-refractivity contribution is 5.95. The standard InChI is InChI=1S/C19H22N2O4/c1-12(17-11-16(24-3)9-10-18(17)25-4)20-19(23)14-5-7-15(8-6-14)21-13(2)22/h5-12H,1-4H3,(H,20,23)(H,21,22)/t12-/m0/s1. The van der Waals surface area contributed by atoms with E-state index >= 15 is 0 Å². The molecule has 0 saturated carbocycles. The Morgan fingerprint density at radius 3 is 2.24 bits per heavy atom. The molecule has 0 heterocycles. The van der Waals surface area contributed by atoms with E-state index in [1.165, 1.54) is 6.92 Å². The number of benzene rings is 2. The number of carbonyl (C=O) groups excluding carboxylic acids is 2. The van der Waals surface area contributed by atoms with Crippen LogP contribution in [0.4, 0.5) is 5.69 Å². The smallest absolute Gasteiger partial charge is 0.251 e. The van der Waals surface area contributed by atoms with E-state index in [-0.39, 0.29) is 17.9 Å². The van der Waals surface area contributed by atoms with Gasteiger partial charge in [-0.05, 0) is 49.4 Å². The molecule has 0 aliphatic carbocycles. The molecule has 2 aromatic rings. The number of amides is 2. The number of ether oxygens (including phenoxy) is 2.